The lowest BCUT2D eigenvalue weighted by Gasteiger charge is -2.08. The summed E-state index contributed by atoms with van der Waals surface area (Å²) in [4.78, 5) is 0. The number of nitrogens with two attached hydrogens (primary N) is 1. The summed E-state index contributed by atoms with van der Waals surface area (Å²) in [5, 5.41) is 0. The molecule has 2 aromatic rings. The summed E-state index contributed by atoms with van der Waals surface area (Å²) in [5.41, 5.74) is 10.6. The average molecular weight is 277 g/mol. The lowest BCUT2D eigenvalue weighted by atomic mass is 10.1. The second-order valence-corrected chi connectivity index (χ2v) is 5.28. The van der Waals surface area contributed by atoms with Crippen LogP contribution in [0.2, 0.25) is 0 Å². The second-order valence-electron chi connectivity index (χ2n) is 5.28. The third-order valence-electron chi connectivity index (χ3n) is 3.76. The minimum atomic E-state index is 0.385. The molecule has 0 spiro atoms. The molecule has 2 aromatic carbocycles. The molecule has 0 aliphatic heterocycles. The lowest BCUT2D eigenvalue weighted by molar-refractivity contribution is 0.306. The molecule has 2 heteroatoms. The van der Waals surface area contributed by atoms with Crippen molar-refractivity contribution in [3.8, 4) is 17.6 Å². The highest BCUT2D eigenvalue weighted by molar-refractivity contribution is 5.39. The second kappa shape index (κ2) is 6.47. The number of hydrogen-bond donors (Lipinski definition) is 1. The average Bonchev–Trinajstić information content (AvgIpc) is 2.99. The fourth-order valence-electron chi connectivity index (χ4n) is 2.67. The van der Waals surface area contributed by atoms with Crippen molar-refractivity contribution in [1.82, 2.24) is 0 Å². The summed E-state index contributed by atoms with van der Waals surface area (Å²) in [6, 6.07) is 14.5. The summed E-state index contributed by atoms with van der Waals surface area (Å²) in [6.45, 7) is 0.998. The van der Waals surface area contributed by atoms with Crippen LogP contribution in [0.4, 0.5) is 0 Å². The minimum Gasteiger partial charge on any atom is -0.489 e. The normalized spacial score (nSPS) is 12.4. The maximum atomic E-state index is 5.84. The van der Waals surface area contributed by atoms with Gasteiger partial charge in [0.1, 0.15) is 12.4 Å². The van der Waals surface area contributed by atoms with Crippen molar-refractivity contribution in [2.75, 3.05) is 6.54 Å². The molecule has 2 nitrogen and oxygen atoms in total. The lowest BCUT2D eigenvalue weighted by Crippen LogP contribution is -1.97. The summed E-state index contributed by atoms with van der Waals surface area (Å²) < 4.78 is 5.84. The van der Waals surface area contributed by atoms with Gasteiger partial charge < -0.3 is 10.5 Å². The van der Waals surface area contributed by atoms with Crippen LogP contribution in [0, 0.1) is 11.8 Å². The number of benzene rings is 2. The van der Waals surface area contributed by atoms with Crippen molar-refractivity contribution in [3.63, 3.8) is 0 Å². The van der Waals surface area contributed by atoms with Crippen LogP contribution in [0.1, 0.15) is 28.7 Å². The van der Waals surface area contributed by atoms with E-state index < -0.39 is 0 Å². The van der Waals surface area contributed by atoms with E-state index in [0.29, 0.717) is 13.2 Å². The van der Waals surface area contributed by atoms with Gasteiger partial charge in [0, 0.05) is 5.56 Å². The highest BCUT2D eigenvalue weighted by Crippen LogP contribution is 2.23. The van der Waals surface area contributed by atoms with Crippen molar-refractivity contribution in [2.45, 2.75) is 25.9 Å². The van der Waals surface area contributed by atoms with Crippen molar-refractivity contribution in [1.29, 1.82) is 0 Å². The van der Waals surface area contributed by atoms with Gasteiger partial charge in [0.15, 0.2) is 0 Å². The standard InChI is InChI=1S/C19H19NO/c20-12-2-3-15-7-10-19(11-8-15)21-14-16-6-9-17-4-1-5-18(17)13-16/h6-11,13H,1,4-5,12,14,20H2. The highest BCUT2D eigenvalue weighted by atomic mass is 16.5. The first kappa shape index (κ1) is 13.7. The topological polar surface area (TPSA) is 35.2 Å². The van der Waals surface area contributed by atoms with Gasteiger partial charge in [0.25, 0.3) is 0 Å². The Morgan fingerprint density at radius 1 is 1.00 bits per heavy atom. The number of ether oxygens (including phenoxy) is 1. The highest BCUT2D eigenvalue weighted by Gasteiger charge is 2.10. The molecule has 0 amide bonds. The van der Waals surface area contributed by atoms with E-state index in [-0.39, 0.29) is 0 Å². The quantitative estimate of drug-likeness (QED) is 0.875. The van der Waals surface area contributed by atoms with Crippen LogP contribution in [0.25, 0.3) is 0 Å². The number of aryl methyl sites for hydroxylation is 2. The van der Waals surface area contributed by atoms with Crippen LogP contribution < -0.4 is 10.5 Å². The predicted octanol–water partition coefficient (Wildman–Crippen LogP) is 3.06. The maximum absolute atomic E-state index is 5.84. The molecule has 0 heterocycles. The number of fused-ring (bicyclic) bond motifs is 1. The van der Waals surface area contributed by atoms with E-state index >= 15 is 0 Å². The first-order valence-corrected chi connectivity index (χ1v) is 7.37. The van der Waals surface area contributed by atoms with Gasteiger partial charge in [-0.25, -0.2) is 0 Å². The van der Waals surface area contributed by atoms with E-state index in [4.69, 9.17) is 10.5 Å². The van der Waals surface area contributed by atoms with Gasteiger partial charge in [-0.2, -0.15) is 0 Å². The van der Waals surface area contributed by atoms with Crippen LogP contribution in [0.15, 0.2) is 42.5 Å². The Bertz CT molecular complexity index is 677. The van der Waals surface area contributed by atoms with E-state index in [1.807, 2.05) is 24.3 Å². The van der Waals surface area contributed by atoms with Gasteiger partial charge >= 0.3 is 0 Å². The Labute approximate surface area is 125 Å². The molecule has 0 atom stereocenters. The third-order valence-corrected chi connectivity index (χ3v) is 3.76. The van der Waals surface area contributed by atoms with E-state index in [0.717, 1.165) is 11.3 Å². The third kappa shape index (κ3) is 3.45. The Balaban J connectivity index is 1.62. The van der Waals surface area contributed by atoms with Crippen LogP contribution in [0.5, 0.6) is 5.75 Å². The number of rotatable bonds is 3. The molecule has 21 heavy (non-hydrogen) atoms. The molecule has 1 aliphatic rings. The molecule has 0 aromatic heterocycles. The largest absolute Gasteiger partial charge is 0.489 e. The van der Waals surface area contributed by atoms with E-state index in [2.05, 4.69) is 30.0 Å². The zero-order valence-electron chi connectivity index (χ0n) is 12.1. The van der Waals surface area contributed by atoms with Crippen molar-refractivity contribution in [3.05, 3.63) is 64.7 Å². The molecule has 1 aliphatic carbocycles. The predicted molar refractivity (Wildman–Crippen MR) is 85.2 cm³/mol. The van der Waals surface area contributed by atoms with Gasteiger partial charge in [0.05, 0.1) is 6.54 Å². The molecule has 0 bridgehead atoms. The first-order valence-electron chi connectivity index (χ1n) is 7.37. The fourth-order valence-corrected chi connectivity index (χ4v) is 2.67. The van der Waals surface area contributed by atoms with E-state index in [1.165, 1.54) is 36.0 Å². The van der Waals surface area contributed by atoms with Crippen molar-refractivity contribution < 1.29 is 4.74 Å². The van der Waals surface area contributed by atoms with Crippen LogP contribution in [-0.4, -0.2) is 6.54 Å². The molecule has 0 fully saturated rings. The fraction of sp³-hybridized carbons (Fsp3) is 0.263. The SMILES string of the molecule is NCC#Cc1ccc(OCc2ccc3c(c2)CCC3)cc1. The Morgan fingerprint density at radius 3 is 2.62 bits per heavy atom. The molecular weight excluding hydrogens is 258 g/mol. The molecule has 3 rings (SSSR count). The van der Waals surface area contributed by atoms with Gasteiger partial charge in [-0.1, -0.05) is 30.0 Å². The molecule has 0 unspecified atom stereocenters. The Hall–Kier alpha value is -2.24. The van der Waals surface area contributed by atoms with Gasteiger partial charge in [0.2, 0.25) is 0 Å². The molecule has 0 saturated carbocycles. The summed E-state index contributed by atoms with van der Waals surface area (Å²) >= 11 is 0. The van der Waals surface area contributed by atoms with E-state index in [1.54, 1.807) is 0 Å². The molecule has 2 N–H and O–H groups in total. The zero-order chi connectivity index (χ0) is 14.5. The molecule has 0 radical (unpaired) electrons. The zero-order valence-corrected chi connectivity index (χ0v) is 12.1. The molecule has 106 valence electrons. The molecule has 0 saturated heterocycles. The van der Waals surface area contributed by atoms with Gasteiger partial charge in [-0.05, 0) is 60.2 Å². The van der Waals surface area contributed by atoms with Crippen molar-refractivity contribution in [2.24, 2.45) is 5.73 Å². The summed E-state index contributed by atoms with van der Waals surface area (Å²) in [5.74, 6) is 6.71. The first-order chi connectivity index (χ1) is 10.3. The molecular formula is C19H19NO. The number of hydrogen-bond acceptors (Lipinski definition) is 2. The van der Waals surface area contributed by atoms with Crippen LogP contribution in [0.3, 0.4) is 0 Å². The Kier molecular flexibility index (Phi) is 4.23. The monoisotopic (exact) mass is 277 g/mol. The summed E-state index contributed by atoms with van der Waals surface area (Å²) in [6.07, 6.45) is 3.71. The van der Waals surface area contributed by atoms with Crippen LogP contribution in [-0.2, 0) is 19.4 Å². The smallest absolute Gasteiger partial charge is 0.119 e. The maximum Gasteiger partial charge on any atom is 0.119 e. The summed E-state index contributed by atoms with van der Waals surface area (Å²) in [7, 11) is 0. The van der Waals surface area contributed by atoms with Crippen molar-refractivity contribution >= 4 is 0 Å². The van der Waals surface area contributed by atoms with Crippen LogP contribution >= 0.6 is 0 Å². The van der Waals surface area contributed by atoms with Gasteiger partial charge in [-0.15, -0.1) is 0 Å². The van der Waals surface area contributed by atoms with E-state index in [9.17, 15) is 0 Å². The Morgan fingerprint density at radius 2 is 1.81 bits per heavy atom. The van der Waals surface area contributed by atoms with Gasteiger partial charge in [-0.3, -0.25) is 0 Å². The minimum absolute atomic E-state index is 0.385.